The summed E-state index contributed by atoms with van der Waals surface area (Å²) in [6, 6.07) is 8.21. The van der Waals surface area contributed by atoms with Gasteiger partial charge in [0.15, 0.2) is 0 Å². The molecule has 0 spiro atoms. The van der Waals surface area contributed by atoms with Crippen molar-refractivity contribution >= 4 is 0 Å². The Morgan fingerprint density at radius 1 is 1.36 bits per heavy atom. The Balaban J connectivity index is 3.05. The molecule has 0 bridgehead atoms. The topological polar surface area (TPSA) is 32.3 Å². The number of hydrogen-bond donors (Lipinski definition) is 2. The van der Waals surface area contributed by atoms with Crippen LogP contribution in [0.4, 0.5) is 0 Å². The Bertz CT molecular complexity index is 298. The highest BCUT2D eigenvalue weighted by molar-refractivity contribution is 5.33. The SMILES string of the molecule is CNCC(C)(CO)c1ccccc1C. The smallest absolute Gasteiger partial charge is 0.0537 e. The minimum atomic E-state index is -0.180. The summed E-state index contributed by atoms with van der Waals surface area (Å²) in [6.45, 7) is 5.11. The van der Waals surface area contributed by atoms with Crippen molar-refractivity contribution in [2.45, 2.75) is 19.3 Å². The average molecular weight is 193 g/mol. The third-order valence-electron chi connectivity index (χ3n) is 2.71. The summed E-state index contributed by atoms with van der Waals surface area (Å²) in [4.78, 5) is 0. The Hall–Kier alpha value is -0.860. The van der Waals surface area contributed by atoms with Gasteiger partial charge < -0.3 is 10.4 Å². The number of rotatable bonds is 4. The maximum Gasteiger partial charge on any atom is 0.0537 e. The first-order valence-corrected chi connectivity index (χ1v) is 4.95. The highest BCUT2D eigenvalue weighted by Gasteiger charge is 2.26. The highest BCUT2D eigenvalue weighted by atomic mass is 16.3. The maximum absolute atomic E-state index is 9.45. The lowest BCUT2D eigenvalue weighted by Crippen LogP contribution is -2.37. The number of aliphatic hydroxyl groups excluding tert-OH is 1. The van der Waals surface area contributed by atoms with Crippen LogP contribution < -0.4 is 5.32 Å². The number of hydrogen-bond acceptors (Lipinski definition) is 2. The van der Waals surface area contributed by atoms with E-state index in [0.29, 0.717) is 0 Å². The number of likely N-dealkylation sites (N-methyl/N-ethyl adjacent to an activating group) is 1. The van der Waals surface area contributed by atoms with Gasteiger partial charge in [-0.15, -0.1) is 0 Å². The van der Waals surface area contributed by atoms with Gasteiger partial charge in [-0.1, -0.05) is 31.2 Å². The van der Waals surface area contributed by atoms with Crippen molar-refractivity contribution < 1.29 is 5.11 Å². The molecule has 2 N–H and O–H groups in total. The zero-order valence-corrected chi connectivity index (χ0v) is 9.17. The van der Waals surface area contributed by atoms with E-state index in [-0.39, 0.29) is 12.0 Å². The molecule has 14 heavy (non-hydrogen) atoms. The van der Waals surface area contributed by atoms with Crippen LogP contribution in [0.1, 0.15) is 18.1 Å². The quantitative estimate of drug-likeness (QED) is 0.759. The van der Waals surface area contributed by atoms with E-state index in [0.717, 1.165) is 6.54 Å². The van der Waals surface area contributed by atoms with Crippen molar-refractivity contribution in [2.24, 2.45) is 0 Å². The molecule has 78 valence electrons. The Morgan fingerprint density at radius 2 is 2.00 bits per heavy atom. The molecule has 0 saturated heterocycles. The van der Waals surface area contributed by atoms with Gasteiger partial charge in [0.1, 0.15) is 0 Å². The molecule has 1 rings (SSSR count). The van der Waals surface area contributed by atoms with Crippen LogP contribution in [0.5, 0.6) is 0 Å². The van der Waals surface area contributed by atoms with Crippen molar-refractivity contribution in [1.82, 2.24) is 5.32 Å². The van der Waals surface area contributed by atoms with E-state index in [2.05, 4.69) is 31.3 Å². The zero-order chi connectivity index (χ0) is 10.6. The first kappa shape index (κ1) is 11.2. The Kier molecular flexibility index (Phi) is 3.67. The van der Waals surface area contributed by atoms with Crippen LogP contribution in [0.3, 0.4) is 0 Å². The van der Waals surface area contributed by atoms with Crippen molar-refractivity contribution in [3.63, 3.8) is 0 Å². The van der Waals surface area contributed by atoms with Crippen LogP contribution in [-0.2, 0) is 5.41 Å². The molecule has 2 heteroatoms. The zero-order valence-electron chi connectivity index (χ0n) is 9.17. The van der Waals surface area contributed by atoms with Gasteiger partial charge in [-0.25, -0.2) is 0 Å². The summed E-state index contributed by atoms with van der Waals surface area (Å²) >= 11 is 0. The molecule has 1 aromatic carbocycles. The summed E-state index contributed by atoms with van der Waals surface area (Å²) in [7, 11) is 1.91. The normalized spacial score (nSPS) is 15.1. The molecule has 1 aromatic rings. The summed E-state index contributed by atoms with van der Waals surface area (Å²) in [5.41, 5.74) is 2.27. The second-order valence-electron chi connectivity index (χ2n) is 4.06. The van der Waals surface area contributed by atoms with Crippen LogP contribution in [-0.4, -0.2) is 25.3 Å². The largest absolute Gasteiger partial charge is 0.395 e. The van der Waals surface area contributed by atoms with Gasteiger partial charge >= 0.3 is 0 Å². The first-order valence-electron chi connectivity index (χ1n) is 4.95. The fourth-order valence-electron chi connectivity index (χ4n) is 1.88. The summed E-state index contributed by atoms with van der Waals surface area (Å²) in [5.74, 6) is 0. The maximum atomic E-state index is 9.45. The van der Waals surface area contributed by atoms with Crippen molar-refractivity contribution in [3.05, 3.63) is 35.4 Å². The van der Waals surface area contributed by atoms with E-state index >= 15 is 0 Å². The molecule has 0 aliphatic rings. The monoisotopic (exact) mass is 193 g/mol. The van der Waals surface area contributed by atoms with Gasteiger partial charge in [0.25, 0.3) is 0 Å². The van der Waals surface area contributed by atoms with E-state index in [4.69, 9.17) is 0 Å². The van der Waals surface area contributed by atoms with Crippen LogP contribution in [0, 0.1) is 6.92 Å². The molecule has 0 aliphatic heterocycles. The van der Waals surface area contributed by atoms with Crippen molar-refractivity contribution in [1.29, 1.82) is 0 Å². The lowest BCUT2D eigenvalue weighted by atomic mass is 9.81. The molecule has 2 nitrogen and oxygen atoms in total. The molecule has 1 unspecified atom stereocenters. The van der Waals surface area contributed by atoms with E-state index in [9.17, 15) is 5.11 Å². The van der Waals surface area contributed by atoms with Crippen molar-refractivity contribution in [3.8, 4) is 0 Å². The van der Waals surface area contributed by atoms with Crippen LogP contribution in [0.15, 0.2) is 24.3 Å². The molecule has 1 atom stereocenters. The Morgan fingerprint density at radius 3 is 2.50 bits per heavy atom. The van der Waals surface area contributed by atoms with Gasteiger partial charge in [-0.3, -0.25) is 0 Å². The van der Waals surface area contributed by atoms with Crippen molar-refractivity contribution in [2.75, 3.05) is 20.2 Å². The number of nitrogens with one attached hydrogen (secondary N) is 1. The molecule has 0 aromatic heterocycles. The molecular formula is C12H19NO. The summed E-state index contributed by atoms with van der Waals surface area (Å²) in [5, 5.41) is 12.6. The fraction of sp³-hybridized carbons (Fsp3) is 0.500. The van der Waals surface area contributed by atoms with E-state index in [1.807, 2.05) is 19.2 Å². The minimum Gasteiger partial charge on any atom is -0.395 e. The van der Waals surface area contributed by atoms with Gasteiger partial charge in [0, 0.05) is 12.0 Å². The molecule has 0 saturated carbocycles. The molecule has 0 aliphatic carbocycles. The third-order valence-corrected chi connectivity index (χ3v) is 2.71. The van der Waals surface area contributed by atoms with Gasteiger partial charge in [0.2, 0.25) is 0 Å². The summed E-state index contributed by atoms with van der Waals surface area (Å²) in [6.07, 6.45) is 0. The van der Waals surface area contributed by atoms with Crippen LogP contribution in [0.2, 0.25) is 0 Å². The average Bonchev–Trinajstić information content (AvgIpc) is 2.18. The molecule has 0 fully saturated rings. The van der Waals surface area contributed by atoms with Gasteiger partial charge in [0.05, 0.1) is 6.61 Å². The molecular weight excluding hydrogens is 174 g/mol. The highest BCUT2D eigenvalue weighted by Crippen LogP contribution is 2.25. The van der Waals surface area contributed by atoms with Gasteiger partial charge in [-0.05, 0) is 25.1 Å². The third kappa shape index (κ3) is 2.14. The predicted octanol–water partition coefficient (Wildman–Crippen LogP) is 1.46. The molecule has 0 amide bonds. The second-order valence-corrected chi connectivity index (χ2v) is 4.06. The molecule has 0 heterocycles. The number of benzene rings is 1. The Labute approximate surface area is 86.0 Å². The number of aliphatic hydroxyl groups is 1. The second kappa shape index (κ2) is 4.58. The lowest BCUT2D eigenvalue weighted by Gasteiger charge is -2.29. The number of aryl methyl sites for hydroxylation is 1. The van der Waals surface area contributed by atoms with Gasteiger partial charge in [-0.2, -0.15) is 0 Å². The van der Waals surface area contributed by atoms with Crippen LogP contribution in [0.25, 0.3) is 0 Å². The van der Waals surface area contributed by atoms with E-state index < -0.39 is 0 Å². The lowest BCUT2D eigenvalue weighted by molar-refractivity contribution is 0.203. The fourth-order valence-corrected chi connectivity index (χ4v) is 1.88. The predicted molar refractivity (Wildman–Crippen MR) is 59.5 cm³/mol. The summed E-state index contributed by atoms with van der Waals surface area (Å²) < 4.78 is 0. The minimum absolute atomic E-state index is 0.165. The molecule has 0 radical (unpaired) electrons. The van der Waals surface area contributed by atoms with E-state index in [1.54, 1.807) is 0 Å². The first-order chi connectivity index (χ1) is 6.64. The van der Waals surface area contributed by atoms with Crippen LogP contribution >= 0.6 is 0 Å². The standard InChI is InChI=1S/C12H19NO/c1-10-6-4-5-7-11(10)12(2,9-14)8-13-3/h4-7,13-14H,8-9H2,1-3H3. The van der Waals surface area contributed by atoms with E-state index in [1.165, 1.54) is 11.1 Å².